The third-order valence-corrected chi connectivity index (χ3v) is 13.7. The zero-order valence-electron chi connectivity index (χ0n) is 25.1. The summed E-state index contributed by atoms with van der Waals surface area (Å²) in [5, 5.41) is 15.0. The van der Waals surface area contributed by atoms with E-state index in [9.17, 15) is 9.59 Å². The Kier molecular flexibility index (Phi) is 19.0. The normalized spacial score (nSPS) is 11.5. The molecule has 0 aliphatic carbocycles. The standard InChI is InChI=1S/C32H58N2O3Si/c1-5-9-12-15-22-38(23-16-13-10-6-2,24-17-14-11-7-3)25-18-21-33-29-19-20-30(28(8-4)26-29)32(37)34-27-31(35)36/h19-20,26,33H,5-18,21-25,27H2,1-4H3,(H,34,37)(H,35,36). The monoisotopic (exact) mass is 546 g/mol. The van der Waals surface area contributed by atoms with Gasteiger partial charge in [-0.15, -0.1) is 0 Å². The van der Waals surface area contributed by atoms with Crippen LogP contribution in [0.25, 0.3) is 0 Å². The average molecular weight is 547 g/mol. The predicted molar refractivity (Wildman–Crippen MR) is 166 cm³/mol. The van der Waals surface area contributed by atoms with Crippen LogP contribution < -0.4 is 10.6 Å². The molecule has 0 aromatic heterocycles. The molecule has 0 atom stereocenters. The lowest BCUT2D eigenvalue weighted by atomic mass is 10.0. The number of hydrogen-bond donors (Lipinski definition) is 3. The molecule has 0 unspecified atom stereocenters. The maximum absolute atomic E-state index is 12.4. The van der Waals surface area contributed by atoms with Crippen LogP contribution in [0, 0.1) is 0 Å². The molecule has 0 aliphatic rings. The lowest BCUT2D eigenvalue weighted by Crippen LogP contribution is -2.34. The van der Waals surface area contributed by atoms with E-state index in [0.717, 1.165) is 24.2 Å². The van der Waals surface area contributed by atoms with Crippen molar-refractivity contribution in [1.29, 1.82) is 0 Å². The Hall–Kier alpha value is -1.82. The molecule has 1 aromatic carbocycles. The summed E-state index contributed by atoms with van der Waals surface area (Å²) in [5.74, 6) is -1.35. The zero-order chi connectivity index (χ0) is 28.1. The number of aryl methyl sites for hydroxylation is 1. The third kappa shape index (κ3) is 14.4. The van der Waals surface area contributed by atoms with Crippen molar-refractivity contribution in [2.24, 2.45) is 0 Å². The summed E-state index contributed by atoms with van der Waals surface area (Å²) in [6.07, 6.45) is 18.5. The highest BCUT2D eigenvalue weighted by molar-refractivity contribution is 6.79. The number of hydrogen-bond acceptors (Lipinski definition) is 3. The second-order valence-corrected chi connectivity index (χ2v) is 16.3. The minimum atomic E-state index is -1.28. The van der Waals surface area contributed by atoms with Crippen molar-refractivity contribution in [2.45, 2.75) is 142 Å². The molecule has 1 aromatic rings. The van der Waals surface area contributed by atoms with Gasteiger partial charge in [-0.1, -0.05) is 129 Å². The van der Waals surface area contributed by atoms with Gasteiger partial charge in [0.25, 0.3) is 5.91 Å². The molecule has 0 heterocycles. The molecule has 6 heteroatoms. The molecule has 1 amide bonds. The Morgan fingerprint density at radius 3 is 1.74 bits per heavy atom. The fraction of sp³-hybridized carbons (Fsp3) is 0.750. The maximum Gasteiger partial charge on any atom is 0.322 e. The topological polar surface area (TPSA) is 78.4 Å². The Balaban J connectivity index is 2.80. The molecule has 0 spiro atoms. The first-order valence-electron chi connectivity index (χ1n) is 15.8. The number of rotatable bonds is 24. The fourth-order valence-corrected chi connectivity index (χ4v) is 11.1. The minimum absolute atomic E-state index is 0.319. The summed E-state index contributed by atoms with van der Waals surface area (Å²) >= 11 is 0. The van der Waals surface area contributed by atoms with Crippen LogP contribution in [-0.2, 0) is 11.2 Å². The van der Waals surface area contributed by atoms with Crippen molar-refractivity contribution >= 4 is 25.6 Å². The van der Waals surface area contributed by atoms with Gasteiger partial charge in [-0.2, -0.15) is 0 Å². The van der Waals surface area contributed by atoms with E-state index in [1.165, 1.54) is 108 Å². The van der Waals surface area contributed by atoms with Crippen LogP contribution in [0.2, 0.25) is 24.2 Å². The molecule has 0 radical (unpaired) electrons. The number of carbonyl (C=O) groups is 2. The Morgan fingerprint density at radius 1 is 0.737 bits per heavy atom. The molecule has 218 valence electrons. The van der Waals surface area contributed by atoms with E-state index < -0.39 is 14.0 Å². The summed E-state index contributed by atoms with van der Waals surface area (Å²) < 4.78 is 0. The molecular weight excluding hydrogens is 488 g/mol. The highest BCUT2D eigenvalue weighted by Gasteiger charge is 2.30. The van der Waals surface area contributed by atoms with E-state index in [0.29, 0.717) is 5.56 Å². The third-order valence-electron chi connectivity index (χ3n) is 8.03. The van der Waals surface area contributed by atoms with Crippen LogP contribution >= 0.6 is 0 Å². The molecule has 1 rings (SSSR count). The molecule has 0 fully saturated rings. The van der Waals surface area contributed by atoms with Crippen LogP contribution in [-0.4, -0.2) is 38.1 Å². The number of aliphatic carboxylic acids is 1. The molecule has 0 saturated heterocycles. The van der Waals surface area contributed by atoms with Crippen LogP contribution in [0.4, 0.5) is 5.69 Å². The Bertz CT molecular complexity index is 753. The average Bonchev–Trinajstić information content (AvgIpc) is 2.92. The van der Waals surface area contributed by atoms with Gasteiger partial charge >= 0.3 is 5.97 Å². The summed E-state index contributed by atoms with van der Waals surface area (Å²) in [6, 6.07) is 11.8. The highest BCUT2D eigenvalue weighted by atomic mass is 28.3. The number of nitrogens with one attached hydrogen (secondary N) is 2. The van der Waals surface area contributed by atoms with Crippen molar-refractivity contribution in [3.63, 3.8) is 0 Å². The fourth-order valence-electron chi connectivity index (χ4n) is 5.70. The van der Waals surface area contributed by atoms with Gasteiger partial charge in [0.15, 0.2) is 0 Å². The summed E-state index contributed by atoms with van der Waals surface area (Å²) in [7, 11) is -1.28. The SMILES string of the molecule is CCCCCC[Si](CCCCCC)(CCCCCC)CCCNc1ccc(C(=O)NCC(=O)O)c(CC)c1. The minimum Gasteiger partial charge on any atom is -0.480 e. The number of unbranched alkanes of at least 4 members (excludes halogenated alkanes) is 9. The molecule has 0 saturated carbocycles. The second kappa shape index (κ2) is 21.1. The van der Waals surface area contributed by atoms with E-state index in [4.69, 9.17) is 5.11 Å². The largest absolute Gasteiger partial charge is 0.480 e. The van der Waals surface area contributed by atoms with Gasteiger partial charge in [0.2, 0.25) is 0 Å². The van der Waals surface area contributed by atoms with Gasteiger partial charge in [-0.25, -0.2) is 0 Å². The first kappa shape index (κ1) is 34.2. The smallest absolute Gasteiger partial charge is 0.322 e. The maximum atomic E-state index is 12.4. The first-order chi connectivity index (χ1) is 18.4. The van der Waals surface area contributed by atoms with E-state index in [2.05, 4.69) is 37.5 Å². The van der Waals surface area contributed by atoms with E-state index >= 15 is 0 Å². The summed E-state index contributed by atoms with van der Waals surface area (Å²) in [5.41, 5.74) is 2.57. The number of benzene rings is 1. The van der Waals surface area contributed by atoms with Crippen LogP contribution in [0.5, 0.6) is 0 Å². The van der Waals surface area contributed by atoms with Crippen LogP contribution in [0.3, 0.4) is 0 Å². The Morgan fingerprint density at radius 2 is 1.26 bits per heavy atom. The van der Waals surface area contributed by atoms with Gasteiger partial charge in [0.1, 0.15) is 6.54 Å². The van der Waals surface area contributed by atoms with Crippen molar-refractivity contribution in [2.75, 3.05) is 18.4 Å². The molecule has 0 bridgehead atoms. The molecular formula is C32H58N2O3Si. The number of anilines is 1. The van der Waals surface area contributed by atoms with E-state index in [-0.39, 0.29) is 12.5 Å². The van der Waals surface area contributed by atoms with Crippen LogP contribution in [0.1, 0.15) is 127 Å². The van der Waals surface area contributed by atoms with E-state index in [1.807, 2.05) is 19.1 Å². The zero-order valence-corrected chi connectivity index (χ0v) is 26.1. The van der Waals surface area contributed by atoms with Gasteiger partial charge in [0.05, 0.1) is 8.07 Å². The number of carboxylic acids is 1. The van der Waals surface area contributed by atoms with Crippen molar-refractivity contribution < 1.29 is 14.7 Å². The molecule has 3 N–H and O–H groups in total. The quantitative estimate of drug-likeness (QED) is 0.0892. The number of amides is 1. The van der Waals surface area contributed by atoms with Gasteiger partial charge < -0.3 is 15.7 Å². The lowest BCUT2D eigenvalue weighted by molar-refractivity contribution is -0.135. The summed E-state index contributed by atoms with van der Waals surface area (Å²) in [4.78, 5) is 23.2. The lowest BCUT2D eigenvalue weighted by Gasteiger charge is -2.33. The van der Waals surface area contributed by atoms with Crippen molar-refractivity contribution in [1.82, 2.24) is 5.32 Å². The molecule has 38 heavy (non-hydrogen) atoms. The predicted octanol–water partition coefficient (Wildman–Crippen LogP) is 9.06. The van der Waals surface area contributed by atoms with E-state index in [1.54, 1.807) is 0 Å². The summed E-state index contributed by atoms with van der Waals surface area (Å²) in [6.45, 7) is 9.58. The second-order valence-electron chi connectivity index (χ2n) is 11.3. The molecule has 0 aliphatic heterocycles. The van der Waals surface area contributed by atoms with Crippen LogP contribution in [0.15, 0.2) is 18.2 Å². The number of carbonyl (C=O) groups excluding carboxylic acids is 1. The van der Waals surface area contributed by atoms with Gasteiger partial charge in [-0.3, -0.25) is 9.59 Å². The van der Waals surface area contributed by atoms with Gasteiger partial charge in [-0.05, 0) is 36.6 Å². The highest BCUT2D eigenvalue weighted by Crippen LogP contribution is 2.34. The van der Waals surface area contributed by atoms with Crippen molar-refractivity contribution in [3.8, 4) is 0 Å². The Labute approximate surface area is 235 Å². The van der Waals surface area contributed by atoms with Gasteiger partial charge in [0, 0.05) is 17.8 Å². The first-order valence-corrected chi connectivity index (χ1v) is 18.6. The van der Waals surface area contributed by atoms with Crippen molar-refractivity contribution in [3.05, 3.63) is 29.3 Å². The number of carboxylic acid groups (broad SMARTS) is 1. The molecule has 5 nitrogen and oxygen atoms in total.